The highest BCUT2D eigenvalue weighted by Gasteiger charge is 2.28. The molecule has 1 aliphatic heterocycles. The molecule has 4 nitrogen and oxygen atoms in total. The van der Waals surface area contributed by atoms with Crippen LogP contribution in [-0.2, 0) is 10.2 Å². The number of hydrogen-bond donors (Lipinski definition) is 1. The largest absolute Gasteiger partial charge is 0.328 e. The van der Waals surface area contributed by atoms with Gasteiger partial charge in [0.25, 0.3) is 0 Å². The van der Waals surface area contributed by atoms with Gasteiger partial charge in [0.1, 0.15) is 0 Å². The van der Waals surface area contributed by atoms with Gasteiger partial charge in [-0.1, -0.05) is 39.0 Å². The maximum absolute atomic E-state index is 11.9. The van der Waals surface area contributed by atoms with Crippen LogP contribution in [0.5, 0.6) is 0 Å². The molecule has 1 heterocycles. The van der Waals surface area contributed by atoms with Crippen LogP contribution in [-0.4, -0.2) is 18.5 Å². The van der Waals surface area contributed by atoms with E-state index in [0.717, 1.165) is 11.3 Å². The highest BCUT2D eigenvalue weighted by molar-refractivity contribution is 6.06. The van der Waals surface area contributed by atoms with E-state index in [1.54, 1.807) is 4.90 Å². The van der Waals surface area contributed by atoms with E-state index in [9.17, 15) is 9.59 Å². The topological polar surface area (TPSA) is 49.4 Å². The van der Waals surface area contributed by atoms with Gasteiger partial charge < -0.3 is 0 Å². The predicted octanol–water partition coefficient (Wildman–Crippen LogP) is 2.43. The lowest BCUT2D eigenvalue weighted by Crippen LogP contribution is -2.50. The van der Waals surface area contributed by atoms with E-state index in [2.05, 4.69) is 26.1 Å². The average Bonchev–Trinajstić information content (AvgIpc) is 2.28. The number of imide groups is 1. The summed E-state index contributed by atoms with van der Waals surface area (Å²) in [7, 11) is 0. The first-order valence-electron chi connectivity index (χ1n) is 6.10. The van der Waals surface area contributed by atoms with Gasteiger partial charge in [0.2, 0.25) is 5.91 Å². The number of benzene rings is 1. The van der Waals surface area contributed by atoms with E-state index in [1.165, 1.54) is 0 Å². The zero-order chi connectivity index (χ0) is 13.3. The van der Waals surface area contributed by atoms with Crippen LogP contribution in [0.15, 0.2) is 24.3 Å². The number of nitrogens with one attached hydrogen (secondary N) is 1. The van der Waals surface area contributed by atoms with Gasteiger partial charge in [-0.2, -0.15) is 0 Å². The first kappa shape index (κ1) is 12.6. The minimum Gasteiger partial charge on any atom is -0.293 e. The Bertz CT molecular complexity index is 489. The minimum atomic E-state index is -0.331. The van der Waals surface area contributed by atoms with Crippen molar-refractivity contribution in [1.82, 2.24) is 5.32 Å². The molecule has 1 aromatic rings. The van der Waals surface area contributed by atoms with Crippen LogP contribution in [0.4, 0.5) is 10.5 Å². The highest BCUT2D eigenvalue weighted by Crippen LogP contribution is 2.32. The number of rotatable bonds is 1. The number of carbonyl (C=O) groups is 2. The number of urea groups is 1. The summed E-state index contributed by atoms with van der Waals surface area (Å²) >= 11 is 0. The molecule has 0 unspecified atom stereocenters. The molecule has 18 heavy (non-hydrogen) atoms. The van der Waals surface area contributed by atoms with E-state index in [0.29, 0.717) is 13.0 Å². The summed E-state index contributed by atoms with van der Waals surface area (Å²) in [4.78, 5) is 24.7. The lowest BCUT2D eigenvalue weighted by atomic mass is 9.85. The quantitative estimate of drug-likeness (QED) is 0.827. The third kappa shape index (κ3) is 2.37. The van der Waals surface area contributed by atoms with Gasteiger partial charge in [-0.25, -0.2) is 4.79 Å². The van der Waals surface area contributed by atoms with Gasteiger partial charge in [0.15, 0.2) is 0 Å². The summed E-state index contributed by atoms with van der Waals surface area (Å²) in [6.45, 7) is 6.77. The first-order valence-corrected chi connectivity index (χ1v) is 6.10. The van der Waals surface area contributed by atoms with Crippen LogP contribution in [0.3, 0.4) is 0 Å². The van der Waals surface area contributed by atoms with Crippen LogP contribution in [0, 0.1) is 0 Å². The van der Waals surface area contributed by atoms with Crippen LogP contribution in [0.2, 0.25) is 0 Å². The van der Waals surface area contributed by atoms with Gasteiger partial charge >= 0.3 is 6.03 Å². The van der Waals surface area contributed by atoms with Gasteiger partial charge in [0.05, 0.1) is 0 Å². The van der Waals surface area contributed by atoms with Crippen molar-refractivity contribution in [2.75, 3.05) is 11.4 Å². The maximum atomic E-state index is 11.9. The summed E-state index contributed by atoms with van der Waals surface area (Å²) < 4.78 is 0. The Kier molecular flexibility index (Phi) is 3.11. The number of carbonyl (C=O) groups excluding carboxylic acids is 2. The van der Waals surface area contributed by atoms with Gasteiger partial charge in [-0.15, -0.1) is 0 Å². The van der Waals surface area contributed by atoms with Crippen molar-refractivity contribution < 1.29 is 9.59 Å². The summed E-state index contributed by atoms with van der Waals surface area (Å²) in [5, 5.41) is 2.35. The molecule has 0 atom stereocenters. The average molecular weight is 246 g/mol. The summed E-state index contributed by atoms with van der Waals surface area (Å²) in [6.07, 6.45) is 0.351. The smallest absolute Gasteiger partial charge is 0.293 e. The Balaban J connectivity index is 2.39. The normalized spacial score (nSPS) is 16.7. The van der Waals surface area contributed by atoms with Gasteiger partial charge in [0, 0.05) is 18.7 Å². The van der Waals surface area contributed by atoms with Crippen LogP contribution >= 0.6 is 0 Å². The third-order valence-electron chi connectivity index (χ3n) is 3.06. The van der Waals surface area contributed by atoms with Crippen molar-refractivity contribution >= 4 is 17.6 Å². The minimum absolute atomic E-state index is 0.0433. The fourth-order valence-corrected chi connectivity index (χ4v) is 2.14. The molecule has 96 valence electrons. The second-order valence-corrected chi connectivity index (χ2v) is 5.52. The molecule has 2 rings (SSSR count). The highest BCUT2D eigenvalue weighted by atomic mass is 16.2. The lowest BCUT2D eigenvalue weighted by Gasteiger charge is -2.32. The van der Waals surface area contributed by atoms with E-state index < -0.39 is 0 Å². The molecule has 0 aromatic heterocycles. The van der Waals surface area contributed by atoms with E-state index in [1.807, 2.05) is 24.3 Å². The second kappa shape index (κ2) is 4.44. The van der Waals surface area contributed by atoms with Crippen molar-refractivity contribution in [3.8, 4) is 0 Å². The molecule has 0 radical (unpaired) electrons. The Morgan fingerprint density at radius 3 is 2.44 bits per heavy atom. The van der Waals surface area contributed by atoms with Crippen molar-refractivity contribution in [2.45, 2.75) is 32.6 Å². The predicted molar refractivity (Wildman–Crippen MR) is 70.6 cm³/mol. The molecule has 1 N–H and O–H groups in total. The first-order chi connectivity index (χ1) is 8.39. The molecular weight excluding hydrogens is 228 g/mol. The summed E-state index contributed by atoms with van der Waals surface area (Å²) in [5.41, 5.74) is 1.95. The second-order valence-electron chi connectivity index (χ2n) is 5.52. The molecule has 3 amide bonds. The van der Waals surface area contributed by atoms with E-state index in [4.69, 9.17) is 0 Å². The SMILES string of the molecule is CC(C)(C)c1ccccc1N1CCC(=O)NC1=O. The Morgan fingerprint density at radius 2 is 1.83 bits per heavy atom. The number of anilines is 1. The third-order valence-corrected chi connectivity index (χ3v) is 3.06. The molecule has 1 aromatic carbocycles. The van der Waals surface area contributed by atoms with Crippen molar-refractivity contribution in [1.29, 1.82) is 0 Å². The Morgan fingerprint density at radius 1 is 1.17 bits per heavy atom. The molecule has 0 bridgehead atoms. The Hall–Kier alpha value is -1.84. The van der Waals surface area contributed by atoms with Crippen molar-refractivity contribution in [3.05, 3.63) is 29.8 Å². The number of amides is 3. The van der Waals surface area contributed by atoms with Crippen LogP contribution < -0.4 is 10.2 Å². The van der Waals surface area contributed by atoms with Crippen molar-refractivity contribution in [3.63, 3.8) is 0 Å². The maximum Gasteiger partial charge on any atom is 0.328 e. The number of para-hydroxylation sites is 1. The van der Waals surface area contributed by atoms with E-state index in [-0.39, 0.29) is 17.4 Å². The van der Waals surface area contributed by atoms with Crippen molar-refractivity contribution in [2.24, 2.45) is 0 Å². The number of nitrogens with zero attached hydrogens (tertiary/aromatic N) is 1. The summed E-state index contributed by atoms with van der Waals surface area (Å²) in [5.74, 6) is -0.204. The monoisotopic (exact) mass is 246 g/mol. The molecule has 1 aliphatic rings. The number of hydrogen-bond acceptors (Lipinski definition) is 2. The van der Waals surface area contributed by atoms with Crippen LogP contribution in [0.25, 0.3) is 0 Å². The molecule has 0 saturated carbocycles. The zero-order valence-electron chi connectivity index (χ0n) is 11.0. The lowest BCUT2D eigenvalue weighted by molar-refractivity contribution is -0.120. The van der Waals surface area contributed by atoms with Gasteiger partial charge in [-0.05, 0) is 17.0 Å². The van der Waals surface area contributed by atoms with Crippen LogP contribution in [0.1, 0.15) is 32.8 Å². The molecule has 1 fully saturated rings. The fourth-order valence-electron chi connectivity index (χ4n) is 2.14. The molecular formula is C14H18N2O2. The molecule has 0 aliphatic carbocycles. The van der Waals surface area contributed by atoms with Gasteiger partial charge in [-0.3, -0.25) is 15.0 Å². The fraction of sp³-hybridized carbons (Fsp3) is 0.429. The summed E-state index contributed by atoms with van der Waals surface area (Å²) in [6, 6.07) is 7.50. The molecule has 1 saturated heterocycles. The van der Waals surface area contributed by atoms with E-state index >= 15 is 0 Å². The molecule has 0 spiro atoms. The molecule has 4 heteroatoms. The Labute approximate surface area is 107 Å². The zero-order valence-corrected chi connectivity index (χ0v) is 11.0. The standard InChI is InChI=1S/C14H18N2O2/c1-14(2,3)10-6-4-5-7-11(10)16-9-8-12(17)15-13(16)18/h4-7H,8-9H2,1-3H3,(H,15,17,18).